The Labute approximate surface area is 200 Å². The van der Waals surface area contributed by atoms with Crippen LogP contribution in [0.1, 0.15) is 66.6 Å². The highest BCUT2D eigenvalue weighted by molar-refractivity contribution is 5.90. The Morgan fingerprint density at radius 3 is 2.32 bits per heavy atom. The van der Waals surface area contributed by atoms with Crippen molar-refractivity contribution in [3.63, 3.8) is 0 Å². The second-order valence-corrected chi connectivity index (χ2v) is 10.1. The van der Waals surface area contributed by atoms with Crippen LogP contribution >= 0.6 is 0 Å². The fourth-order valence-electron chi connectivity index (χ4n) is 4.17. The highest BCUT2D eigenvalue weighted by Crippen LogP contribution is 2.43. The minimum Gasteiger partial charge on any atom is -0.456 e. The van der Waals surface area contributed by atoms with Crippen molar-refractivity contribution in [2.24, 2.45) is 0 Å². The lowest BCUT2D eigenvalue weighted by molar-refractivity contribution is 0.00644. The first-order valence-corrected chi connectivity index (χ1v) is 11.9. The average Bonchev–Trinajstić information content (AvgIpc) is 3.63. The number of benzene rings is 2. The third-order valence-electron chi connectivity index (χ3n) is 6.09. The molecule has 2 aliphatic rings. The Bertz CT molecular complexity index is 1020. The van der Waals surface area contributed by atoms with Crippen molar-refractivity contribution >= 4 is 12.1 Å². The lowest BCUT2D eigenvalue weighted by Crippen LogP contribution is -2.48. The zero-order chi connectivity index (χ0) is 24.3. The molecule has 1 saturated carbocycles. The lowest BCUT2D eigenvalue weighted by atomic mass is 9.98. The lowest BCUT2D eigenvalue weighted by Gasteiger charge is -2.34. The van der Waals surface area contributed by atoms with Crippen molar-refractivity contribution in [2.45, 2.75) is 58.3 Å². The van der Waals surface area contributed by atoms with Gasteiger partial charge in [0, 0.05) is 32.7 Å². The Kier molecular flexibility index (Phi) is 7.22. The maximum atomic E-state index is 14.9. The molecule has 2 fully saturated rings. The van der Waals surface area contributed by atoms with E-state index in [-0.39, 0.29) is 18.3 Å². The summed E-state index contributed by atoms with van der Waals surface area (Å²) in [7, 11) is 0. The van der Waals surface area contributed by atoms with Gasteiger partial charge in [-0.2, -0.15) is 0 Å². The van der Waals surface area contributed by atoms with Gasteiger partial charge >= 0.3 is 12.1 Å². The smallest absolute Gasteiger partial charge is 0.410 e. The number of hydrogen-bond donors (Lipinski definition) is 0. The first kappa shape index (κ1) is 24.2. The molecule has 1 heterocycles. The zero-order valence-electron chi connectivity index (χ0n) is 20.2. The molecule has 34 heavy (non-hydrogen) atoms. The Morgan fingerprint density at radius 2 is 1.71 bits per heavy atom. The van der Waals surface area contributed by atoms with Crippen LogP contribution in [0.2, 0.25) is 0 Å². The van der Waals surface area contributed by atoms with Gasteiger partial charge in [0.25, 0.3) is 0 Å². The molecular formula is C27H33FN2O4. The van der Waals surface area contributed by atoms with Crippen molar-refractivity contribution < 1.29 is 23.5 Å². The number of amides is 1. The van der Waals surface area contributed by atoms with Crippen molar-refractivity contribution in [3.05, 3.63) is 70.5 Å². The first-order chi connectivity index (χ1) is 16.2. The maximum absolute atomic E-state index is 14.9. The molecule has 1 amide bonds. The van der Waals surface area contributed by atoms with Crippen LogP contribution in [0, 0.1) is 5.82 Å². The van der Waals surface area contributed by atoms with E-state index in [1.807, 2.05) is 30.3 Å². The number of piperazine rings is 1. The summed E-state index contributed by atoms with van der Waals surface area (Å²) in [5.74, 6) is -0.802. The summed E-state index contributed by atoms with van der Waals surface area (Å²) in [4.78, 5) is 28.9. The number of halogens is 1. The highest BCUT2D eigenvalue weighted by Gasteiger charge is 2.31. The molecule has 1 aliphatic heterocycles. The monoisotopic (exact) mass is 468 g/mol. The van der Waals surface area contributed by atoms with Crippen LogP contribution in [0.5, 0.6) is 0 Å². The standard InChI is InChI=1S/C27H33FN2O4/c1-27(2,3)34-25(31)23-16-22(20-9-10-20)21(15-24(23)28)17-29-11-13-30(14-12-29)26(32)33-18-19-7-5-4-6-8-19/h4-8,15-16,20H,9-14,17-18H2,1-3H3. The van der Waals surface area contributed by atoms with Gasteiger partial charge in [-0.25, -0.2) is 14.0 Å². The number of rotatable bonds is 6. The van der Waals surface area contributed by atoms with Gasteiger partial charge in [-0.15, -0.1) is 0 Å². The number of esters is 1. The van der Waals surface area contributed by atoms with E-state index in [0.717, 1.165) is 29.5 Å². The van der Waals surface area contributed by atoms with Gasteiger partial charge in [0.05, 0.1) is 5.56 Å². The summed E-state index contributed by atoms with van der Waals surface area (Å²) in [5.41, 5.74) is 2.23. The molecule has 0 bridgehead atoms. The molecule has 2 aromatic carbocycles. The Hall–Kier alpha value is -2.93. The van der Waals surface area contributed by atoms with Crippen molar-refractivity contribution in [1.82, 2.24) is 9.80 Å². The summed E-state index contributed by atoms with van der Waals surface area (Å²) in [6, 6.07) is 12.8. The van der Waals surface area contributed by atoms with E-state index in [1.165, 1.54) is 6.07 Å². The Morgan fingerprint density at radius 1 is 1.03 bits per heavy atom. The molecule has 7 heteroatoms. The number of nitrogens with zero attached hydrogens (tertiary/aromatic N) is 2. The first-order valence-electron chi connectivity index (χ1n) is 11.9. The third-order valence-corrected chi connectivity index (χ3v) is 6.09. The molecule has 1 aliphatic carbocycles. The molecule has 0 unspecified atom stereocenters. The van der Waals surface area contributed by atoms with Crippen LogP contribution in [0.3, 0.4) is 0 Å². The van der Waals surface area contributed by atoms with Crippen LogP contribution in [0.25, 0.3) is 0 Å². The fraction of sp³-hybridized carbons (Fsp3) is 0.481. The maximum Gasteiger partial charge on any atom is 0.410 e. The van der Waals surface area contributed by atoms with E-state index in [1.54, 1.807) is 31.7 Å². The molecule has 1 saturated heterocycles. The van der Waals surface area contributed by atoms with Gasteiger partial charge in [-0.1, -0.05) is 30.3 Å². The summed E-state index contributed by atoms with van der Waals surface area (Å²) in [6.45, 7) is 8.65. The molecule has 0 atom stereocenters. The van der Waals surface area contributed by atoms with E-state index in [4.69, 9.17) is 9.47 Å². The number of ether oxygens (including phenoxy) is 2. The second-order valence-electron chi connectivity index (χ2n) is 10.1. The minimum atomic E-state index is -0.677. The van der Waals surface area contributed by atoms with Crippen LogP contribution in [-0.4, -0.2) is 53.6 Å². The largest absolute Gasteiger partial charge is 0.456 e. The number of carbonyl (C=O) groups is 2. The molecular weight excluding hydrogens is 435 g/mol. The average molecular weight is 469 g/mol. The topological polar surface area (TPSA) is 59.1 Å². The van der Waals surface area contributed by atoms with Crippen molar-refractivity contribution in [1.29, 1.82) is 0 Å². The van der Waals surface area contributed by atoms with E-state index < -0.39 is 17.4 Å². The highest BCUT2D eigenvalue weighted by atomic mass is 19.1. The van der Waals surface area contributed by atoms with Crippen LogP contribution in [-0.2, 0) is 22.6 Å². The molecule has 0 aromatic heterocycles. The normalized spacial score (nSPS) is 16.9. The summed E-state index contributed by atoms with van der Waals surface area (Å²) >= 11 is 0. The molecule has 0 spiro atoms. The fourth-order valence-corrected chi connectivity index (χ4v) is 4.17. The third kappa shape index (κ3) is 6.35. The van der Waals surface area contributed by atoms with E-state index >= 15 is 0 Å². The molecule has 4 rings (SSSR count). The predicted octanol–water partition coefficient (Wildman–Crippen LogP) is 5.11. The molecule has 2 aromatic rings. The second kappa shape index (κ2) is 10.1. The SMILES string of the molecule is CC(C)(C)OC(=O)c1cc(C2CC2)c(CN2CCN(C(=O)OCc3ccccc3)CC2)cc1F. The van der Waals surface area contributed by atoms with Gasteiger partial charge in [0.1, 0.15) is 18.0 Å². The van der Waals surface area contributed by atoms with Gasteiger partial charge < -0.3 is 14.4 Å². The van der Waals surface area contributed by atoms with Crippen LogP contribution in [0.15, 0.2) is 42.5 Å². The van der Waals surface area contributed by atoms with Crippen molar-refractivity contribution in [3.8, 4) is 0 Å². The zero-order valence-corrected chi connectivity index (χ0v) is 20.2. The number of hydrogen-bond acceptors (Lipinski definition) is 5. The van der Waals surface area contributed by atoms with Gasteiger partial charge in [0.2, 0.25) is 0 Å². The van der Waals surface area contributed by atoms with E-state index in [9.17, 15) is 14.0 Å². The molecule has 0 radical (unpaired) electrons. The molecule has 182 valence electrons. The summed E-state index contributed by atoms with van der Waals surface area (Å²) in [5, 5.41) is 0. The molecule has 0 N–H and O–H groups in total. The Balaban J connectivity index is 1.35. The van der Waals surface area contributed by atoms with Gasteiger partial charge in [0.15, 0.2) is 0 Å². The predicted molar refractivity (Wildman–Crippen MR) is 127 cm³/mol. The van der Waals surface area contributed by atoms with Crippen molar-refractivity contribution in [2.75, 3.05) is 26.2 Å². The van der Waals surface area contributed by atoms with E-state index in [2.05, 4.69) is 4.90 Å². The summed E-state index contributed by atoms with van der Waals surface area (Å²) in [6.07, 6.45) is 1.79. The van der Waals surface area contributed by atoms with Gasteiger partial charge in [-0.05, 0) is 68.4 Å². The number of carbonyl (C=O) groups excluding carboxylic acids is 2. The van der Waals surface area contributed by atoms with Crippen LogP contribution in [0.4, 0.5) is 9.18 Å². The summed E-state index contributed by atoms with van der Waals surface area (Å²) < 4.78 is 25.7. The minimum absolute atomic E-state index is 0.00607. The van der Waals surface area contributed by atoms with E-state index in [0.29, 0.717) is 38.6 Å². The van der Waals surface area contributed by atoms with Gasteiger partial charge in [-0.3, -0.25) is 4.90 Å². The quantitative estimate of drug-likeness (QED) is 0.551. The molecule has 6 nitrogen and oxygen atoms in total. The van der Waals surface area contributed by atoms with Crippen LogP contribution < -0.4 is 0 Å².